The van der Waals surface area contributed by atoms with E-state index in [9.17, 15) is 8.42 Å². The molecule has 0 unspecified atom stereocenters. The lowest BCUT2D eigenvalue weighted by Crippen LogP contribution is -2.28. The van der Waals surface area contributed by atoms with Gasteiger partial charge in [0, 0.05) is 32.4 Å². The van der Waals surface area contributed by atoms with Crippen LogP contribution >= 0.6 is 0 Å². The highest BCUT2D eigenvalue weighted by Gasteiger charge is 2.26. The van der Waals surface area contributed by atoms with Crippen LogP contribution in [0.4, 0.5) is 0 Å². The molecule has 1 aromatic heterocycles. The first-order valence-corrected chi connectivity index (χ1v) is 8.63. The Bertz CT molecular complexity index is 821. The maximum Gasteiger partial charge on any atom is 0.239 e. The number of aryl methyl sites for hydroxylation is 2. The summed E-state index contributed by atoms with van der Waals surface area (Å²) in [6.07, 6.45) is 6.64. The second-order valence-electron chi connectivity index (χ2n) is 5.59. The van der Waals surface area contributed by atoms with E-state index in [1.165, 1.54) is 9.87 Å². The second kappa shape index (κ2) is 5.70. The lowest BCUT2D eigenvalue weighted by molar-refractivity contribution is 0.471. The number of sulfonamides is 1. The summed E-state index contributed by atoms with van der Waals surface area (Å²) in [6, 6.07) is 7.94. The Morgan fingerprint density at radius 3 is 2.77 bits per heavy atom. The van der Waals surface area contributed by atoms with E-state index in [-0.39, 0.29) is 0 Å². The van der Waals surface area contributed by atoms with Crippen molar-refractivity contribution in [1.29, 1.82) is 0 Å². The Balaban J connectivity index is 1.85. The van der Waals surface area contributed by atoms with Gasteiger partial charge in [-0.05, 0) is 30.0 Å². The summed E-state index contributed by atoms with van der Waals surface area (Å²) in [7, 11) is -0.00346. The molecule has 1 aliphatic carbocycles. The highest BCUT2D eigenvalue weighted by atomic mass is 32.2. The van der Waals surface area contributed by atoms with Crippen LogP contribution in [0.25, 0.3) is 6.08 Å². The highest BCUT2D eigenvalue weighted by Crippen LogP contribution is 2.28. The van der Waals surface area contributed by atoms with Crippen molar-refractivity contribution in [2.45, 2.75) is 19.4 Å². The van der Waals surface area contributed by atoms with Gasteiger partial charge in [0.1, 0.15) is 0 Å². The molecule has 0 radical (unpaired) electrons. The van der Waals surface area contributed by atoms with Gasteiger partial charge in [0.2, 0.25) is 10.0 Å². The molecular weight excluding hydrogens is 298 g/mol. The molecule has 116 valence electrons. The van der Waals surface area contributed by atoms with E-state index in [2.05, 4.69) is 11.2 Å². The third-order valence-corrected chi connectivity index (χ3v) is 5.85. The van der Waals surface area contributed by atoms with Crippen molar-refractivity contribution < 1.29 is 8.42 Å². The van der Waals surface area contributed by atoms with Gasteiger partial charge in [-0.25, -0.2) is 8.42 Å². The van der Waals surface area contributed by atoms with Crippen molar-refractivity contribution in [3.8, 4) is 0 Å². The van der Waals surface area contributed by atoms with Crippen LogP contribution in [-0.4, -0.2) is 29.6 Å². The van der Waals surface area contributed by atoms with E-state index in [1.807, 2.05) is 31.4 Å². The number of hydrogen-bond donors (Lipinski definition) is 0. The average Bonchev–Trinajstić information content (AvgIpc) is 2.91. The summed E-state index contributed by atoms with van der Waals surface area (Å²) in [6.45, 7) is 0.329. The number of aromatic nitrogens is 2. The molecule has 6 heteroatoms. The van der Waals surface area contributed by atoms with Crippen LogP contribution in [-0.2, 0) is 30.0 Å². The SMILES string of the molecule is CN(Cc1cnn(C)c1)S(=O)(=O)C1=Cc2ccccc2CC1. The van der Waals surface area contributed by atoms with Gasteiger partial charge in [0.05, 0.1) is 11.1 Å². The molecule has 1 heterocycles. The molecule has 2 aromatic rings. The quantitative estimate of drug-likeness (QED) is 0.868. The zero-order valence-electron chi connectivity index (χ0n) is 12.7. The number of allylic oxidation sites excluding steroid dienone is 1. The molecule has 0 saturated heterocycles. The van der Waals surface area contributed by atoms with E-state index < -0.39 is 10.0 Å². The average molecular weight is 317 g/mol. The Hall–Kier alpha value is -1.92. The number of hydrogen-bond acceptors (Lipinski definition) is 3. The van der Waals surface area contributed by atoms with Gasteiger partial charge in [0.15, 0.2) is 0 Å². The fraction of sp³-hybridized carbons (Fsp3) is 0.312. The molecule has 0 saturated carbocycles. The van der Waals surface area contributed by atoms with Gasteiger partial charge in [0.25, 0.3) is 0 Å². The van der Waals surface area contributed by atoms with Crippen molar-refractivity contribution in [3.05, 3.63) is 58.3 Å². The standard InChI is InChI=1S/C16H19N3O2S/c1-18-11-13(10-17-18)12-19(2)22(20,21)16-8-7-14-5-3-4-6-15(14)9-16/h3-6,9-11H,7-8,12H2,1-2H3. The van der Waals surface area contributed by atoms with Crippen LogP contribution in [0.2, 0.25) is 0 Å². The third-order valence-electron chi connectivity index (χ3n) is 3.92. The molecule has 5 nitrogen and oxygen atoms in total. The molecule has 0 amide bonds. The number of benzene rings is 1. The second-order valence-corrected chi connectivity index (χ2v) is 7.69. The van der Waals surface area contributed by atoms with Crippen LogP contribution in [0.1, 0.15) is 23.1 Å². The van der Waals surface area contributed by atoms with Crippen LogP contribution < -0.4 is 0 Å². The molecule has 0 bridgehead atoms. The minimum absolute atomic E-state index is 0.329. The number of fused-ring (bicyclic) bond motifs is 1. The molecule has 0 atom stereocenters. The summed E-state index contributed by atoms with van der Waals surface area (Å²) >= 11 is 0. The lowest BCUT2D eigenvalue weighted by atomic mass is 9.98. The third kappa shape index (κ3) is 2.84. The molecular formula is C16H19N3O2S. The molecule has 0 spiro atoms. The minimum atomic E-state index is -3.44. The van der Waals surface area contributed by atoms with E-state index in [0.29, 0.717) is 17.9 Å². The molecule has 0 N–H and O–H groups in total. The summed E-state index contributed by atoms with van der Waals surface area (Å²) < 4.78 is 28.5. The zero-order valence-corrected chi connectivity index (χ0v) is 13.5. The maximum absolute atomic E-state index is 12.7. The van der Waals surface area contributed by atoms with Gasteiger partial charge in [-0.2, -0.15) is 9.40 Å². The number of rotatable bonds is 4. The van der Waals surface area contributed by atoms with E-state index in [0.717, 1.165) is 17.5 Å². The largest absolute Gasteiger partial charge is 0.275 e. The van der Waals surface area contributed by atoms with Gasteiger partial charge >= 0.3 is 0 Å². The van der Waals surface area contributed by atoms with Crippen molar-refractivity contribution in [1.82, 2.24) is 14.1 Å². The van der Waals surface area contributed by atoms with Crippen LogP contribution in [0.15, 0.2) is 41.6 Å². The van der Waals surface area contributed by atoms with E-state index >= 15 is 0 Å². The van der Waals surface area contributed by atoms with Crippen molar-refractivity contribution in [2.75, 3.05) is 7.05 Å². The van der Waals surface area contributed by atoms with Crippen molar-refractivity contribution in [3.63, 3.8) is 0 Å². The summed E-state index contributed by atoms with van der Waals surface area (Å²) in [5, 5.41) is 4.07. The van der Waals surface area contributed by atoms with E-state index in [4.69, 9.17) is 0 Å². The predicted octanol–water partition coefficient (Wildman–Crippen LogP) is 2.17. The fourth-order valence-electron chi connectivity index (χ4n) is 2.71. The summed E-state index contributed by atoms with van der Waals surface area (Å²) in [4.78, 5) is 0.484. The summed E-state index contributed by atoms with van der Waals surface area (Å²) in [5.41, 5.74) is 3.09. The number of nitrogens with zero attached hydrogens (tertiary/aromatic N) is 3. The maximum atomic E-state index is 12.7. The zero-order chi connectivity index (χ0) is 15.7. The van der Waals surface area contributed by atoms with Crippen molar-refractivity contribution in [2.24, 2.45) is 7.05 Å². The fourth-order valence-corrected chi connectivity index (χ4v) is 4.06. The van der Waals surface area contributed by atoms with Crippen LogP contribution in [0, 0.1) is 0 Å². The van der Waals surface area contributed by atoms with Crippen LogP contribution in [0.5, 0.6) is 0 Å². The van der Waals surface area contributed by atoms with Crippen LogP contribution in [0.3, 0.4) is 0 Å². The smallest absolute Gasteiger partial charge is 0.239 e. The predicted molar refractivity (Wildman–Crippen MR) is 86.3 cm³/mol. The molecule has 1 aromatic carbocycles. The molecule has 0 fully saturated rings. The van der Waals surface area contributed by atoms with Gasteiger partial charge in [-0.1, -0.05) is 24.3 Å². The first-order valence-electron chi connectivity index (χ1n) is 7.19. The lowest BCUT2D eigenvalue weighted by Gasteiger charge is -2.22. The van der Waals surface area contributed by atoms with E-state index in [1.54, 1.807) is 24.0 Å². The highest BCUT2D eigenvalue weighted by molar-refractivity contribution is 7.93. The Morgan fingerprint density at radius 1 is 1.27 bits per heavy atom. The Kier molecular flexibility index (Phi) is 3.88. The molecule has 22 heavy (non-hydrogen) atoms. The topological polar surface area (TPSA) is 55.2 Å². The monoisotopic (exact) mass is 317 g/mol. The van der Waals surface area contributed by atoms with Gasteiger partial charge < -0.3 is 0 Å². The normalized spacial score (nSPS) is 14.8. The van der Waals surface area contributed by atoms with Gasteiger partial charge in [-0.3, -0.25) is 4.68 Å². The molecule has 3 rings (SSSR count). The Morgan fingerprint density at radius 2 is 2.05 bits per heavy atom. The molecule has 1 aliphatic rings. The first-order chi connectivity index (χ1) is 10.5. The molecule has 0 aliphatic heterocycles. The van der Waals surface area contributed by atoms with Crippen molar-refractivity contribution >= 4 is 16.1 Å². The Labute approximate surface area is 130 Å². The minimum Gasteiger partial charge on any atom is -0.275 e. The summed E-state index contributed by atoms with van der Waals surface area (Å²) in [5.74, 6) is 0. The first kappa shape index (κ1) is 15.0. The van der Waals surface area contributed by atoms with Gasteiger partial charge in [-0.15, -0.1) is 0 Å².